The van der Waals surface area contributed by atoms with Crippen LogP contribution in [0.2, 0.25) is 0 Å². The van der Waals surface area contributed by atoms with Gasteiger partial charge >= 0.3 is 0 Å². The summed E-state index contributed by atoms with van der Waals surface area (Å²) in [6.45, 7) is 6.19. The molecule has 1 heteroatoms. The molecule has 1 rings (SSSR count). The van der Waals surface area contributed by atoms with Gasteiger partial charge in [0.1, 0.15) is 0 Å². The largest absolute Gasteiger partial charge is 0.393 e. The van der Waals surface area contributed by atoms with Gasteiger partial charge in [-0.1, -0.05) is 26.0 Å². The third kappa shape index (κ3) is 1.89. The number of rotatable bonds is 2. The Kier molecular flexibility index (Phi) is 2.94. The summed E-state index contributed by atoms with van der Waals surface area (Å²) >= 11 is 0. The molecule has 0 fully saturated rings. The Morgan fingerprint density at radius 1 is 1.50 bits per heavy atom. The minimum atomic E-state index is -0.217. The van der Waals surface area contributed by atoms with Crippen LogP contribution in [0.5, 0.6) is 0 Å². The summed E-state index contributed by atoms with van der Waals surface area (Å²) in [5, 5.41) is 9.60. The van der Waals surface area contributed by atoms with E-state index < -0.39 is 0 Å². The third-order valence-corrected chi connectivity index (χ3v) is 3.29. The maximum absolute atomic E-state index is 9.60. The van der Waals surface area contributed by atoms with Gasteiger partial charge < -0.3 is 5.11 Å². The molecule has 1 aliphatic carbocycles. The zero-order chi connectivity index (χ0) is 9.19. The summed E-state index contributed by atoms with van der Waals surface area (Å²) in [6, 6.07) is 0. The predicted molar refractivity (Wildman–Crippen MR) is 51.9 cm³/mol. The van der Waals surface area contributed by atoms with Gasteiger partial charge in [-0.15, -0.1) is 0 Å². The summed E-state index contributed by atoms with van der Waals surface area (Å²) in [5.74, 6) is 0.561. The number of aliphatic hydroxyl groups excluding tert-OH is 1. The lowest BCUT2D eigenvalue weighted by molar-refractivity contribution is 0.0305. The van der Waals surface area contributed by atoms with E-state index in [-0.39, 0.29) is 11.5 Å². The fourth-order valence-corrected chi connectivity index (χ4v) is 1.74. The van der Waals surface area contributed by atoms with Gasteiger partial charge in [0.05, 0.1) is 6.10 Å². The molecule has 1 aliphatic rings. The number of allylic oxidation sites excluding steroid dienone is 2. The molecule has 0 aromatic rings. The Bertz CT molecular complexity index is 168. The lowest BCUT2D eigenvalue weighted by atomic mass is 9.71. The van der Waals surface area contributed by atoms with Gasteiger partial charge in [0.2, 0.25) is 0 Å². The third-order valence-electron chi connectivity index (χ3n) is 3.29. The molecule has 70 valence electrons. The van der Waals surface area contributed by atoms with Gasteiger partial charge in [-0.2, -0.15) is 0 Å². The Hall–Kier alpha value is -0.300. The Balaban J connectivity index is 2.66. The van der Waals surface area contributed by atoms with E-state index in [9.17, 15) is 5.11 Å². The summed E-state index contributed by atoms with van der Waals surface area (Å²) in [7, 11) is 0. The molecule has 0 spiro atoms. The van der Waals surface area contributed by atoms with Crippen LogP contribution in [0.25, 0.3) is 0 Å². The molecule has 0 radical (unpaired) electrons. The molecule has 1 nitrogen and oxygen atoms in total. The van der Waals surface area contributed by atoms with Gasteiger partial charge in [-0.3, -0.25) is 0 Å². The molecule has 0 heterocycles. The van der Waals surface area contributed by atoms with Gasteiger partial charge in [0.25, 0.3) is 0 Å². The average molecular weight is 168 g/mol. The van der Waals surface area contributed by atoms with E-state index in [4.69, 9.17) is 0 Å². The van der Waals surface area contributed by atoms with E-state index >= 15 is 0 Å². The van der Waals surface area contributed by atoms with Crippen LogP contribution in [0.1, 0.15) is 40.0 Å². The molecular formula is C11H20O. The Morgan fingerprint density at radius 2 is 2.17 bits per heavy atom. The van der Waals surface area contributed by atoms with E-state index in [1.807, 2.05) is 6.92 Å². The monoisotopic (exact) mass is 168 g/mol. The number of aliphatic hydroxyl groups is 1. The minimum absolute atomic E-state index is 0.0386. The molecule has 0 bridgehead atoms. The van der Waals surface area contributed by atoms with Gasteiger partial charge in [0, 0.05) is 0 Å². The molecule has 0 unspecified atom stereocenters. The Labute approximate surface area is 75.5 Å². The predicted octanol–water partition coefficient (Wildman–Crippen LogP) is 2.75. The van der Waals surface area contributed by atoms with Crippen LogP contribution in [-0.4, -0.2) is 11.2 Å². The highest BCUT2D eigenvalue weighted by molar-refractivity contribution is 5.00. The highest BCUT2D eigenvalue weighted by atomic mass is 16.3. The second-order valence-electron chi connectivity index (χ2n) is 4.46. The van der Waals surface area contributed by atoms with Crippen LogP contribution in [0, 0.1) is 11.3 Å². The van der Waals surface area contributed by atoms with Crippen LogP contribution in [0.15, 0.2) is 12.2 Å². The van der Waals surface area contributed by atoms with Gasteiger partial charge in [0.15, 0.2) is 0 Å². The van der Waals surface area contributed by atoms with E-state index in [2.05, 4.69) is 26.0 Å². The van der Waals surface area contributed by atoms with Gasteiger partial charge in [-0.25, -0.2) is 0 Å². The zero-order valence-electron chi connectivity index (χ0n) is 8.38. The molecule has 0 aliphatic heterocycles. The first-order chi connectivity index (χ1) is 5.55. The van der Waals surface area contributed by atoms with Crippen molar-refractivity contribution in [2.24, 2.45) is 11.3 Å². The fourth-order valence-electron chi connectivity index (χ4n) is 1.74. The van der Waals surface area contributed by atoms with Crippen molar-refractivity contribution in [2.45, 2.75) is 46.1 Å². The molecule has 0 aromatic heterocycles. The average Bonchev–Trinajstić information content (AvgIpc) is 2.06. The molecule has 2 atom stereocenters. The molecule has 0 amide bonds. The van der Waals surface area contributed by atoms with Crippen molar-refractivity contribution in [3.05, 3.63) is 12.2 Å². The van der Waals surface area contributed by atoms with Crippen LogP contribution in [0.4, 0.5) is 0 Å². The lowest BCUT2D eigenvalue weighted by Crippen LogP contribution is -2.34. The van der Waals surface area contributed by atoms with E-state index in [1.54, 1.807) is 0 Å². The molecule has 12 heavy (non-hydrogen) atoms. The maximum Gasteiger partial charge on any atom is 0.0568 e. The first-order valence-corrected chi connectivity index (χ1v) is 4.90. The van der Waals surface area contributed by atoms with E-state index in [0.29, 0.717) is 5.92 Å². The van der Waals surface area contributed by atoms with Crippen LogP contribution >= 0.6 is 0 Å². The van der Waals surface area contributed by atoms with Crippen molar-refractivity contribution in [1.82, 2.24) is 0 Å². The quantitative estimate of drug-likeness (QED) is 0.629. The summed E-state index contributed by atoms with van der Waals surface area (Å²) < 4.78 is 0. The summed E-state index contributed by atoms with van der Waals surface area (Å²) in [5.41, 5.74) is 0.0386. The lowest BCUT2D eigenvalue weighted by Gasteiger charge is -2.36. The Morgan fingerprint density at radius 3 is 2.58 bits per heavy atom. The van der Waals surface area contributed by atoms with Crippen molar-refractivity contribution in [1.29, 1.82) is 0 Å². The van der Waals surface area contributed by atoms with Gasteiger partial charge in [-0.05, 0) is 37.5 Å². The topological polar surface area (TPSA) is 20.2 Å². The molecule has 0 saturated heterocycles. The van der Waals surface area contributed by atoms with Crippen molar-refractivity contribution in [3.63, 3.8) is 0 Å². The highest BCUT2D eigenvalue weighted by Crippen LogP contribution is 2.37. The smallest absolute Gasteiger partial charge is 0.0568 e. The SMILES string of the molecule is C[C@@H](O)C(C)(C)[C@@H]1C=CCCC1. The second-order valence-corrected chi connectivity index (χ2v) is 4.46. The van der Waals surface area contributed by atoms with Crippen LogP contribution < -0.4 is 0 Å². The van der Waals surface area contributed by atoms with Crippen molar-refractivity contribution >= 4 is 0 Å². The first kappa shape index (κ1) is 9.79. The summed E-state index contributed by atoms with van der Waals surface area (Å²) in [4.78, 5) is 0. The first-order valence-electron chi connectivity index (χ1n) is 4.90. The number of hydrogen-bond donors (Lipinski definition) is 1. The fraction of sp³-hybridized carbons (Fsp3) is 0.818. The van der Waals surface area contributed by atoms with Crippen molar-refractivity contribution in [3.8, 4) is 0 Å². The zero-order valence-corrected chi connectivity index (χ0v) is 8.38. The standard InChI is InChI=1S/C11H20O/c1-9(12)11(2,3)10-7-5-4-6-8-10/h5,7,9-10,12H,4,6,8H2,1-3H3/t9-,10-/m1/s1. The normalized spacial score (nSPS) is 27.2. The van der Waals surface area contributed by atoms with Crippen LogP contribution in [-0.2, 0) is 0 Å². The van der Waals surface area contributed by atoms with Crippen molar-refractivity contribution < 1.29 is 5.11 Å². The molecule has 0 aromatic carbocycles. The molecule has 0 saturated carbocycles. The molecular weight excluding hydrogens is 148 g/mol. The minimum Gasteiger partial charge on any atom is -0.393 e. The van der Waals surface area contributed by atoms with Crippen LogP contribution in [0.3, 0.4) is 0 Å². The van der Waals surface area contributed by atoms with Crippen molar-refractivity contribution in [2.75, 3.05) is 0 Å². The van der Waals surface area contributed by atoms with E-state index in [0.717, 1.165) is 0 Å². The maximum atomic E-state index is 9.60. The second kappa shape index (κ2) is 3.61. The van der Waals surface area contributed by atoms with E-state index in [1.165, 1.54) is 19.3 Å². The number of hydrogen-bond acceptors (Lipinski definition) is 1. The summed E-state index contributed by atoms with van der Waals surface area (Å²) in [6.07, 6.45) is 8.03. The molecule has 1 N–H and O–H groups in total. The highest BCUT2D eigenvalue weighted by Gasteiger charge is 2.32.